The van der Waals surface area contributed by atoms with Gasteiger partial charge in [0.15, 0.2) is 0 Å². The molecule has 0 fully saturated rings. The molecule has 0 atom stereocenters. The van der Waals surface area contributed by atoms with Crippen LogP contribution in [0.3, 0.4) is 0 Å². The summed E-state index contributed by atoms with van der Waals surface area (Å²) in [6, 6.07) is 48.9. The van der Waals surface area contributed by atoms with E-state index in [1.807, 2.05) is 24.3 Å². The summed E-state index contributed by atoms with van der Waals surface area (Å²) in [4.78, 5) is 0. The highest BCUT2D eigenvalue weighted by molar-refractivity contribution is 6.32. The summed E-state index contributed by atoms with van der Waals surface area (Å²) in [6.45, 7) is 0. The predicted octanol–water partition coefficient (Wildman–Crippen LogP) is 10.2. The van der Waals surface area contributed by atoms with Crippen LogP contribution in [-0.2, 0) is 0 Å². The van der Waals surface area contributed by atoms with E-state index in [0.29, 0.717) is 11.1 Å². The Labute approximate surface area is 247 Å². The fourth-order valence-electron chi connectivity index (χ4n) is 7.14. The van der Waals surface area contributed by atoms with Gasteiger partial charge in [0, 0.05) is 21.5 Å². The lowest BCUT2D eigenvalue weighted by molar-refractivity contribution is 1.38. The van der Waals surface area contributed by atoms with Gasteiger partial charge in [0.1, 0.15) is 0 Å². The van der Waals surface area contributed by atoms with Crippen LogP contribution in [0.2, 0.25) is 0 Å². The average Bonchev–Trinajstić information content (AvgIpc) is 3.58. The molecule has 0 aliphatic rings. The van der Waals surface area contributed by atoms with E-state index in [1.54, 1.807) is 0 Å². The van der Waals surface area contributed by atoms with Crippen LogP contribution in [0, 0.1) is 22.7 Å². The van der Waals surface area contributed by atoms with E-state index in [-0.39, 0.29) is 0 Å². The maximum absolute atomic E-state index is 9.46. The Morgan fingerprint density at radius 3 is 1.30 bits per heavy atom. The number of benzene rings is 7. The van der Waals surface area contributed by atoms with Crippen molar-refractivity contribution in [3.8, 4) is 34.4 Å². The molecule has 9 rings (SSSR count). The van der Waals surface area contributed by atoms with Gasteiger partial charge in [0.2, 0.25) is 0 Å². The lowest BCUT2D eigenvalue weighted by Gasteiger charge is -2.13. The number of nitriles is 2. The zero-order valence-corrected chi connectivity index (χ0v) is 23.0. The second kappa shape index (κ2) is 8.67. The predicted molar refractivity (Wildman–Crippen MR) is 176 cm³/mol. The van der Waals surface area contributed by atoms with E-state index < -0.39 is 0 Å². The van der Waals surface area contributed by atoms with Gasteiger partial charge in [-0.1, -0.05) is 91.0 Å². The Morgan fingerprint density at radius 1 is 0.442 bits per heavy atom. The molecule has 3 nitrogen and oxygen atoms in total. The minimum Gasteiger partial charge on any atom is -0.308 e. The largest absolute Gasteiger partial charge is 0.308 e. The molecule has 0 amide bonds. The summed E-state index contributed by atoms with van der Waals surface area (Å²) >= 11 is 0. The summed E-state index contributed by atoms with van der Waals surface area (Å²) in [7, 11) is 0. The molecule has 0 N–H and O–H groups in total. The van der Waals surface area contributed by atoms with Crippen LogP contribution in [0.5, 0.6) is 0 Å². The summed E-state index contributed by atoms with van der Waals surface area (Å²) in [5.41, 5.74) is 9.43. The average molecular weight is 544 g/mol. The SMILES string of the molecule is N#Cc1ccc(-c2c3ccccc3cc3c2c2cccc4c5c(-c6ccc(C#N)cc6)c6ccccc6cc5n3c24)cc1. The fourth-order valence-corrected chi connectivity index (χ4v) is 7.14. The second-order valence-electron chi connectivity index (χ2n) is 11.1. The van der Waals surface area contributed by atoms with Gasteiger partial charge in [0.05, 0.1) is 39.8 Å². The van der Waals surface area contributed by atoms with Crippen molar-refractivity contribution in [3.63, 3.8) is 0 Å². The molecule has 2 heterocycles. The summed E-state index contributed by atoms with van der Waals surface area (Å²) in [5.74, 6) is 0. The molecule has 0 bridgehead atoms. The van der Waals surface area contributed by atoms with Gasteiger partial charge in [-0.25, -0.2) is 0 Å². The Balaban J connectivity index is 1.52. The number of hydrogen-bond acceptors (Lipinski definition) is 2. The maximum atomic E-state index is 9.46. The van der Waals surface area contributed by atoms with Gasteiger partial charge >= 0.3 is 0 Å². The van der Waals surface area contributed by atoms with Crippen molar-refractivity contribution >= 4 is 59.6 Å². The van der Waals surface area contributed by atoms with E-state index >= 15 is 0 Å². The van der Waals surface area contributed by atoms with Crippen LogP contribution in [0.1, 0.15) is 11.1 Å². The number of hydrogen-bond donors (Lipinski definition) is 0. The van der Waals surface area contributed by atoms with Crippen molar-refractivity contribution in [1.29, 1.82) is 10.5 Å². The van der Waals surface area contributed by atoms with Gasteiger partial charge < -0.3 is 4.40 Å². The van der Waals surface area contributed by atoms with Crippen molar-refractivity contribution in [2.24, 2.45) is 0 Å². The van der Waals surface area contributed by atoms with Gasteiger partial charge in [-0.15, -0.1) is 0 Å². The lowest BCUT2D eigenvalue weighted by atomic mass is 9.91. The summed E-state index contributed by atoms with van der Waals surface area (Å²) in [6.07, 6.45) is 0. The van der Waals surface area contributed by atoms with E-state index in [9.17, 15) is 10.5 Å². The number of aromatic nitrogens is 1. The normalized spacial score (nSPS) is 11.7. The molecule has 0 aliphatic heterocycles. The zero-order chi connectivity index (χ0) is 28.7. The molecular formula is C40H21N3. The van der Waals surface area contributed by atoms with Crippen LogP contribution in [0.25, 0.3) is 81.9 Å². The van der Waals surface area contributed by atoms with Gasteiger partial charge in [0.25, 0.3) is 0 Å². The smallest absolute Gasteiger partial charge is 0.0991 e. The third-order valence-corrected chi connectivity index (χ3v) is 8.94. The first kappa shape index (κ1) is 23.5. The maximum Gasteiger partial charge on any atom is 0.0991 e. The third kappa shape index (κ3) is 3.17. The molecule has 0 saturated carbocycles. The first-order valence-corrected chi connectivity index (χ1v) is 14.3. The third-order valence-electron chi connectivity index (χ3n) is 8.94. The molecule has 0 spiro atoms. The van der Waals surface area contributed by atoms with Crippen molar-refractivity contribution in [1.82, 2.24) is 4.40 Å². The number of fused-ring (bicyclic) bond motifs is 8. The Bertz CT molecular complexity index is 2480. The highest BCUT2D eigenvalue weighted by Gasteiger charge is 2.24. The van der Waals surface area contributed by atoms with Crippen LogP contribution in [-0.4, -0.2) is 4.40 Å². The number of nitrogens with zero attached hydrogens (tertiary/aromatic N) is 3. The van der Waals surface area contributed by atoms with Crippen molar-refractivity contribution < 1.29 is 0 Å². The zero-order valence-electron chi connectivity index (χ0n) is 23.0. The van der Waals surface area contributed by atoms with Crippen LogP contribution in [0.4, 0.5) is 0 Å². The second-order valence-corrected chi connectivity index (χ2v) is 11.1. The highest BCUT2D eigenvalue weighted by atomic mass is 14.9. The topological polar surface area (TPSA) is 52.0 Å². The quantitative estimate of drug-likeness (QED) is 0.218. The van der Waals surface area contributed by atoms with Crippen molar-refractivity contribution in [2.75, 3.05) is 0 Å². The van der Waals surface area contributed by atoms with Gasteiger partial charge in [-0.05, 0) is 80.2 Å². The minimum absolute atomic E-state index is 0.655. The molecule has 3 heteroatoms. The van der Waals surface area contributed by atoms with E-state index in [2.05, 4.69) is 120 Å². The molecule has 196 valence electrons. The summed E-state index contributed by atoms with van der Waals surface area (Å²) in [5, 5.41) is 28.5. The van der Waals surface area contributed by atoms with Crippen molar-refractivity contribution in [3.05, 3.63) is 139 Å². The molecule has 9 aromatic rings. The van der Waals surface area contributed by atoms with E-state index in [4.69, 9.17) is 0 Å². The van der Waals surface area contributed by atoms with Gasteiger partial charge in [-0.3, -0.25) is 0 Å². The van der Waals surface area contributed by atoms with E-state index in [0.717, 1.165) is 11.1 Å². The molecule has 0 unspecified atom stereocenters. The van der Waals surface area contributed by atoms with E-state index in [1.165, 1.54) is 70.8 Å². The molecule has 0 aliphatic carbocycles. The Hall–Kier alpha value is -6.16. The molecule has 43 heavy (non-hydrogen) atoms. The number of para-hydroxylation sites is 1. The van der Waals surface area contributed by atoms with Crippen LogP contribution >= 0.6 is 0 Å². The number of rotatable bonds is 2. The van der Waals surface area contributed by atoms with Crippen molar-refractivity contribution in [2.45, 2.75) is 0 Å². The molecule has 2 aromatic heterocycles. The van der Waals surface area contributed by atoms with Gasteiger partial charge in [-0.2, -0.15) is 10.5 Å². The first-order valence-electron chi connectivity index (χ1n) is 14.3. The molecular weight excluding hydrogens is 522 g/mol. The monoisotopic (exact) mass is 543 g/mol. The van der Waals surface area contributed by atoms with Crippen LogP contribution in [0.15, 0.2) is 127 Å². The Kier molecular flexibility index (Phi) is 4.74. The highest BCUT2D eigenvalue weighted by Crippen LogP contribution is 2.48. The summed E-state index contributed by atoms with van der Waals surface area (Å²) < 4.78 is 2.45. The van der Waals surface area contributed by atoms with Crippen LogP contribution < -0.4 is 0 Å². The first-order chi connectivity index (χ1) is 21.2. The molecule has 0 saturated heterocycles. The molecule has 0 radical (unpaired) electrons. The molecule has 7 aromatic carbocycles. The standard InChI is InChI=1S/C40H21N3/c41-22-24-12-16-26(17-13-24)36-30-8-3-1-6-28(30)20-34-38(36)32-10-5-11-33-39-35(43(34)40(32)33)21-29-7-2-4-9-31(29)37(39)27-18-14-25(23-42)15-19-27/h1-21H. The minimum atomic E-state index is 0.655. The Morgan fingerprint density at radius 2 is 0.860 bits per heavy atom. The lowest BCUT2D eigenvalue weighted by Crippen LogP contribution is -1.89. The fraction of sp³-hybridized carbons (Fsp3) is 0.